The molecule has 1 aliphatic rings. The van der Waals surface area contributed by atoms with Crippen LogP contribution in [0.4, 0.5) is 11.8 Å². The van der Waals surface area contributed by atoms with Crippen LogP contribution in [0, 0.1) is 0 Å². The van der Waals surface area contributed by atoms with Gasteiger partial charge in [-0.2, -0.15) is 10.1 Å². The molecular formula is C19H24N6O2. The lowest BCUT2D eigenvalue weighted by Gasteiger charge is -2.25. The first-order valence-electron chi connectivity index (χ1n) is 9.03. The number of aryl methyl sites for hydroxylation is 1. The highest BCUT2D eigenvalue weighted by molar-refractivity contribution is 5.91. The number of hydrogen-bond donors (Lipinski definition) is 1. The number of rotatable bonds is 5. The van der Waals surface area contributed by atoms with Crippen LogP contribution in [0.3, 0.4) is 0 Å². The molecule has 1 fully saturated rings. The van der Waals surface area contributed by atoms with Gasteiger partial charge in [-0.25, -0.2) is 4.98 Å². The summed E-state index contributed by atoms with van der Waals surface area (Å²) in [6.45, 7) is 0.917. The maximum absolute atomic E-state index is 6.26. The van der Waals surface area contributed by atoms with Gasteiger partial charge in [-0.15, -0.1) is 0 Å². The summed E-state index contributed by atoms with van der Waals surface area (Å²) in [5.74, 6) is 2.35. The number of ether oxygens (including phenoxy) is 2. The topological polar surface area (TPSA) is 91.3 Å². The first-order chi connectivity index (χ1) is 13.1. The van der Waals surface area contributed by atoms with Crippen molar-refractivity contribution in [1.29, 1.82) is 0 Å². The zero-order chi connectivity index (χ0) is 19.0. The van der Waals surface area contributed by atoms with Gasteiger partial charge in [0.25, 0.3) is 0 Å². The zero-order valence-corrected chi connectivity index (χ0v) is 15.8. The summed E-state index contributed by atoms with van der Waals surface area (Å²) >= 11 is 0. The largest absolute Gasteiger partial charge is 0.493 e. The van der Waals surface area contributed by atoms with Crippen molar-refractivity contribution >= 4 is 22.7 Å². The molecule has 2 N–H and O–H groups in total. The van der Waals surface area contributed by atoms with Gasteiger partial charge in [0.1, 0.15) is 5.82 Å². The quantitative estimate of drug-likeness (QED) is 0.738. The van der Waals surface area contributed by atoms with E-state index in [1.165, 1.54) is 5.69 Å². The number of benzene rings is 1. The Hall–Kier alpha value is -3.03. The second-order valence-corrected chi connectivity index (χ2v) is 6.77. The molecular weight excluding hydrogens is 344 g/mol. The third-order valence-corrected chi connectivity index (χ3v) is 5.22. The first kappa shape index (κ1) is 17.4. The number of aromatic nitrogens is 4. The molecule has 27 heavy (non-hydrogen) atoms. The van der Waals surface area contributed by atoms with Crippen LogP contribution in [0.2, 0.25) is 0 Å². The molecule has 0 saturated carbocycles. The average Bonchev–Trinajstić information content (AvgIpc) is 3.30. The molecule has 0 radical (unpaired) electrons. The van der Waals surface area contributed by atoms with Crippen molar-refractivity contribution in [2.24, 2.45) is 7.05 Å². The molecule has 0 aliphatic carbocycles. The summed E-state index contributed by atoms with van der Waals surface area (Å²) in [7, 11) is 5.18. The van der Waals surface area contributed by atoms with Crippen LogP contribution in [0.1, 0.15) is 18.5 Å². The fourth-order valence-electron chi connectivity index (χ4n) is 3.75. The van der Waals surface area contributed by atoms with E-state index in [4.69, 9.17) is 20.2 Å². The summed E-state index contributed by atoms with van der Waals surface area (Å²) in [4.78, 5) is 11.6. The van der Waals surface area contributed by atoms with Crippen LogP contribution in [-0.4, -0.2) is 46.6 Å². The predicted octanol–water partition coefficient (Wildman–Crippen LogP) is 2.17. The van der Waals surface area contributed by atoms with Gasteiger partial charge in [0, 0.05) is 49.4 Å². The number of nitrogens with two attached hydrogens (primary N) is 1. The Bertz CT molecular complexity index is 970. The van der Waals surface area contributed by atoms with Gasteiger partial charge in [0.05, 0.1) is 19.7 Å². The summed E-state index contributed by atoms with van der Waals surface area (Å²) in [6, 6.07) is 6.06. The number of nitrogen functional groups attached to an aromatic ring is 1. The molecule has 4 rings (SSSR count). The number of nitrogens with zero attached hydrogens (tertiary/aromatic N) is 5. The summed E-state index contributed by atoms with van der Waals surface area (Å²) in [5.41, 5.74) is 8.21. The average molecular weight is 368 g/mol. The number of fused-ring (bicyclic) bond motifs is 1. The minimum atomic E-state index is 0.331. The fraction of sp³-hybridized carbons (Fsp3) is 0.421. The minimum Gasteiger partial charge on any atom is -0.493 e. The van der Waals surface area contributed by atoms with Crippen molar-refractivity contribution in [3.63, 3.8) is 0 Å². The molecule has 3 aromatic rings. The number of hydrogen-bond acceptors (Lipinski definition) is 7. The highest BCUT2D eigenvalue weighted by Gasteiger charge is 2.28. The van der Waals surface area contributed by atoms with Crippen LogP contribution in [0.5, 0.6) is 11.5 Å². The third-order valence-electron chi connectivity index (χ3n) is 5.22. The van der Waals surface area contributed by atoms with E-state index < -0.39 is 0 Å². The van der Waals surface area contributed by atoms with E-state index in [-0.39, 0.29) is 0 Å². The summed E-state index contributed by atoms with van der Waals surface area (Å²) in [5, 5.41) is 5.03. The van der Waals surface area contributed by atoms with Crippen LogP contribution >= 0.6 is 0 Å². The second-order valence-electron chi connectivity index (χ2n) is 6.77. The molecule has 8 nitrogen and oxygen atoms in total. The van der Waals surface area contributed by atoms with Gasteiger partial charge in [0.2, 0.25) is 5.95 Å². The molecule has 142 valence electrons. The van der Waals surface area contributed by atoms with E-state index in [0.29, 0.717) is 29.3 Å². The van der Waals surface area contributed by atoms with E-state index in [1.54, 1.807) is 14.2 Å². The molecule has 1 atom stereocenters. The SMILES string of the molecule is COc1cc2nc(N3CCC[C@@H]3Cc3ccnn3C)nc(N)c2cc1OC. The van der Waals surface area contributed by atoms with Crippen molar-refractivity contribution in [3.05, 3.63) is 30.1 Å². The molecule has 1 aliphatic heterocycles. The molecule has 0 amide bonds. The minimum absolute atomic E-state index is 0.331. The molecule has 0 spiro atoms. The smallest absolute Gasteiger partial charge is 0.228 e. The van der Waals surface area contributed by atoms with Gasteiger partial charge >= 0.3 is 0 Å². The lowest BCUT2D eigenvalue weighted by molar-refractivity contribution is 0.356. The van der Waals surface area contributed by atoms with Crippen LogP contribution in [-0.2, 0) is 13.5 Å². The molecule has 8 heteroatoms. The Morgan fingerprint density at radius 2 is 1.96 bits per heavy atom. The molecule has 1 saturated heterocycles. The van der Waals surface area contributed by atoms with Gasteiger partial charge in [-0.3, -0.25) is 4.68 Å². The Kier molecular flexibility index (Phi) is 4.47. The first-order valence-corrected chi connectivity index (χ1v) is 9.03. The second kappa shape index (κ2) is 6.94. The predicted molar refractivity (Wildman–Crippen MR) is 104 cm³/mol. The molecule has 2 aromatic heterocycles. The van der Waals surface area contributed by atoms with E-state index in [0.717, 1.165) is 36.7 Å². The Balaban J connectivity index is 1.71. The van der Waals surface area contributed by atoms with Gasteiger partial charge in [-0.05, 0) is 25.0 Å². The zero-order valence-electron chi connectivity index (χ0n) is 15.8. The highest BCUT2D eigenvalue weighted by Crippen LogP contribution is 2.35. The van der Waals surface area contributed by atoms with Crippen molar-refractivity contribution < 1.29 is 9.47 Å². The Morgan fingerprint density at radius 3 is 2.67 bits per heavy atom. The van der Waals surface area contributed by atoms with Crippen LogP contribution in [0.25, 0.3) is 10.9 Å². The van der Waals surface area contributed by atoms with E-state index >= 15 is 0 Å². The summed E-state index contributed by atoms with van der Waals surface area (Å²) in [6.07, 6.45) is 4.94. The standard InChI is InChI=1S/C19H24N6O2/c1-24-12(6-7-21-24)9-13-5-4-8-25(13)19-22-15-11-17(27-3)16(26-2)10-14(15)18(20)23-19/h6-7,10-11,13H,4-5,8-9H2,1-3H3,(H2,20,22,23)/t13-/m1/s1. The van der Waals surface area contributed by atoms with Crippen molar-refractivity contribution in [3.8, 4) is 11.5 Å². The van der Waals surface area contributed by atoms with Gasteiger partial charge in [-0.1, -0.05) is 0 Å². The van der Waals surface area contributed by atoms with Crippen molar-refractivity contribution in [1.82, 2.24) is 19.7 Å². The third kappa shape index (κ3) is 3.11. The lowest BCUT2D eigenvalue weighted by atomic mass is 10.1. The van der Waals surface area contributed by atoms with Gasteiger partial charge in [0.15, 0.2) is 11.5 Å². The molecule has 0 bridgehead atoms. The number of anilines is 2. The molecule has 0 unspecified atom stereocenters. The van der Waals surface area contributed by atoms with Gasteiger partial charge < -0.3 is 20.1 Å². The Labute approximate surface area is 157 Å². The Morgan fingerprint density at radius 1 is 1.19 bits per heavy atom. The van der Waals surface area contributed by atoms with E-state index in [9.17, 15) is 0 Å². The molecule has 1 aromatic carbocycles. The number of methoxy groups -OCH3 is 2. The monoisotopic (exact) mass is 368 g/mol. The maximum atomic E-state index is 6.26. The fourth-order valence-corrected chi connectivity index (χ4v) is 3.75. The summed E-state index contributed by atoms with van der Waals surface area (Å²) < 4.78 is 12.7. The van der Waals surface area contributed by atoms with Crippen molar-refractivity contribution in [2.45, 2.75) is 25.3 Å². The normalized spacial score (nSPS) is 16.9. The maximum Gasteiger partial charge on any atom is 0.228 e. The molecule has 3 heterocycles. The lowest BCUT2D eigenvalue weighted by Crippen LogP contribution is -2.33. The van der Waals surface area contributed by atoms with Crippen molar-refractivity contribution in [2.75, 3.05) is 31.4 Å². The van der Waals surface area contributed by atoms with Crippen LogP contribution in [0.15, 0.2) is 24.4 Å². The van der Waals surface area contributed by atoms with E-state index in [2.05, 4.69) is 21.0 Å². The highest BCUT2D eigenvalue weighted by atomic mass is 16.5. The van der Waals surface area contributed by atoms with Crippen LogP contribution < -0.4 is 20.1 Å². The van der Waals surface area contributed by atoms with E-state index in [1.807, 2.05) is 30.1 Å².